The van der Waals surface area contributed by atoms with Gasteiger partial charge < -0.3 is 15.7 Å². The van der Waals surface area contributed by atoms with Crippen LogP contribution < -0.4 is 5.73 Å². The fraction of sp³-hybridized carbons (Fsp3) is 0.833. The summed E-state index contributed by atoms with van der Waals surface area (Å²) in [6.07, 6.45) is 0.156. The van der Waals surface area contributed by atoms with E-state index in [0.29, 0.717) is 0 Å². The normalized spacial score (nSPS) is 18.3. The Labute approximate surface area is 71.0 Å². The van der Waals surface area contributed by atoms with E-state index in [1.165, 1.54) is 6.66 Å². The van der Waals surface area contributed by atoms with E-state index < -0.39 is 25.8 Å². The zero-order valence-electron chi connectivity index (χ0n) is 6.93. The first kappa shape index (κ1) is 11.8. The maximum absolute atomic E-state index is 10.8. The molecule has 0 rings (SSSR count). The second kappa shape index (κ2) is 4.72. The number of nitrogens with two attached hydrogens (primary N) is 1. The summed E-state index contributed by atoms with van der Waals surface area (Å²) in [5.74, 6) is -0.497. The van der Waals surface area contributed by atoms with E-state index in [0.717, 1.165) is 0 Å². The zero-order chi connectivity index (χ0) is 9.78. The van der Waals surface area contributed by atoms with Gasteiger partial charge in [0.25, 0.3) is 0 Å². The summed E-state index contributed by atoms with van der Waals surface area (Å²) >= 11 is 0. The highest BCUT2D eigenvalue weighted by molar-refractivity contribution is 7.57. The van der Waals surface area contributed by atoms with Crippen LogP contribution in [0.15, 0.2) is 0 Å². The molecule has 0 saturated heterocycles. The number of Topliss-reactive ketones (excluding diaryl/α,β-unsaturated/α-hetero) is 1. The molecular weight excluding hydrogens is 181 g/mol. The minimum absolute atomic E-state index is 0.0138. The van der Waals surface area contributed by atoms with Crippen LogP contribution in [0.3, 0.4) is 0 Å². The summed E-state index contributed by atoms with van der Waals surface area (Å²) in [5.41, 5.74) is 5.29. The lowest BCUT2D eigenvalue weighted by Crippen LogP contribution is -2.33. The van der Waals surface area contributed by atoms with Crippen LogP contribution in [0.4, 0.5) is 0 Å². The number of rotatable bonds is 5. The van der Waals surface area contributed by atoms with Gasteiger partial charge in [0.05, 0.1) is 6.04 Å². The van der Waals surface area contributed by atoms with Gasteiger partial charge in [-0.15, -0.1) is 0 Å². The summed E-state index contributed by atoms with van der Waals surface area (Å²) in [5, 5.41) is 8.37. The van der Waals surface area contributed by atoms with Crippen LogP contribution in [0.1, 0.15) is 6.42 Å². The zero-order valence-corrected chi connectivity index (χ0v) is 7.83. The molecule has 0 aliphatic carbocycles. The number of aliphatic hydroxyl groups excluding tert-OH is 1. The molecule has 0 bridgehead atoms. The monoisotopic (exact) mass is 195 g/mol. The van der Waals surface area contributed by atoms with Gasteiger partial charge in [0.15, 0.2) is 13.2 Å². The van der Waals surface area contributed by atoms with Gasteiger partial charge in [0.2, 0.25) is 0 Å². The van der Waals surface area contributed by atoms with Gasteiger partial charge in [-0.25, -0.2) is 0 Å². The molecule has 0 aliphatic rings. The Morgan fingerprint density at radius 2 is 2.17 bits per heavy atom. The highest BCUT2D eigenvalue weighted by atomic mass is 31.2. The van der Waals surface area contributed by atoms with Crippen molar-refractivity contribution in [2.75, 3.05) is 19.4 Å². The first-order chi connectivity index (χ1) is 5.37. The summed E-state index contributed by atoms with van der Waals surface area (Å²) < 4.78 is 10.8. The average Bonchev–Trinajstić information content (AvgIpc) is 1.97. The SMILES string of the molecule is CP(=O)(O)CCC(N)C(=O)CO. The predicted molar refractivity (Wildman–Crippen MR) is 45.3 cm³/mol. The molecule has 0 aliphatic heterocycles. The van der Waals surface area contributed by atoms with Crippen molar-refractivity contribution in [1.82, 2.24) is 0 Å². The van der Waals surface area contributed by atoms with E-state index in [4.69, 9.17) is 15.7 Å². The molecule has 0 aromatic rings. The van der Waals surface area contributed by atoms with Crippen LogP contribution in [0.2, 0.25) is 0 Å². The molecular formula is C6H14NO4P. The standard InChI is InChI=1S/C6H14NO4P/c1-12(10,11)3-2-5(7)6(9)4-8/h5,8H,2-4,7H2,1H3,(H,10,11). The number of carbonyl (C=O) groups excluding carboxylic acids is 1. The van der Waals surface area contributed by atoms with E-state index >= 15 is 0 Å². The molecule has 0 amide bonds. The van der Waals surface area contributed by atoms with Gasteiger partial charge in [-0.3, -0.25) is 9.36 Å². The van der Waals surface area contributed by atoms with Crippen molar-refractivity contribution in [1.29, 1.82) is 0 Å². The van der Waals surface area contributed by atoms with Gasteiger partial charge in [-0.2, -0.15) is 0 Å². The van der Waals surface area contributed by atoms with Crippen molar-refractivity contribution in [3.8, 4) is 0 Å². The molecule has 72 valence electrons. The number of hydrogen-bond donors (Lipinski definition) is 3. The quantitative estimate of drug-likeness (QED) is 0.497. The molecule has 0 saturated carbocycles. The summed E-state index contributed by atoms with van der Waals surface area (Å²) in [6, 6.07) is -0.824. The van der Waals surface area contributed by atoms with Crippen LogP contribution >= 0.6 is 7.37 Å². The first-order valence-electron chi connectivity index (χ1n) is 3.55. The molecule has 0 aromatic carbocycles. The molecule has 2 atom stereocenters. The van der Waals surface area contributed by atoms with Crippen LogP contribution in [0, 0.1) is 0 Å². The van der Waals surface area contributed by atoms with Gasteiger partial charge in [-0.05, 0) is 6.42 Å². The third-order valence-corrected chi connectivity index (χ3v) is 2.51. The third kappa shape index (κ3) is 5.43. The maximum Gasteiger partial charge on any atom is 0.197 e. The Kier molecular flexibility index (Phi) is 4.63. The lowest BCUT2D eigenvalue weighted by molar-refractivity contribution is -0.123. The Morgan fingerprint density at radius 1 is 1.67 bits per heavy atom. The molecule has 12 heavy (non-hydrogen) atoms. The van der Waals surface area contributed by atoms with Crippen LogP contribution in [-0.2, 0) is 9.36 Å². The molecule has 0 heterocycles. The van der Waals surface area contributed by atoms with Gasteiger partial charge in [0.1, 0.15) is 6.61 Å². The van der Waals surface area contributed by atoms with Crippen LogP contribution in [-0.4, -0.2) is 41.3 Å². The van der Waals surface area contributed by atoms with Crippen LogP contribution in [0.25, 0.3) is 0 Å². The molecule has 0 aromatic heterocycles. The lowest BCUT2D eigenvalue weighted by atomic mass is 10.1. The van der Waals surface area contributed by atoms with Crippen molar-refractivity contribution in [3.63, 3.8) is 0 Å². The number of carbonyl (C=O) groups is 1. The van der Waals surface area contributed by atoms with E-state index in [2.05, 4.69) is 0 Å². The number of ketones is 1. The molecule has 0 spiro atoms. The van der Waals surface area contributed by atoms with Crippen molar-refractivity contribution in [3.05, 3.63) is 0 Å². The minimum Gasteiger partial charge on any atom is -0.389 e. The third-order valence-electron chi connectivity index (χ3n) is 1.42. The number of hydrogen-bond acceptors (Lipinski definition) is 4. The molecule has 5 nitrogen and oxygen atoms in total. The van der Waals surface area contributed by atoms with E-state index in [1.807, 2.05) is 0 Å². The van der Waals surface area contributed by atoms with Gasteiger partial charge in [0, 0.05) is 12.8 Å². The highest BCUT2D eigenvalue weighted by Crippen LogP contribution is 2.35. The second-order valence-corrected chi connectivity index (χ2v) is 5.34. The Morgan fingerprint density at radius 3 is 2.50 bits per heavy atom. The predicted octanol–water partition coefficient (Wildman–Crippen LogP) is -0.835. The van der Waals surface area contributed by atoms with Crippen molar-refractivity contribution >= 4 is 13.2 Å². The largest absolute Gasteiger partial charge is 0.389 e. The fourth-order valence-corrected chi connectivity index (χ4v) is 1.41. The Bertz CT molecular complexity index is 200. The van der Waals surface area contributed by atoms with Gasteiger partial charge in [-0.1, -0.05) is 0 Å². The highest BCUT2D eigenvalue weighted by Gasteiger charge is 2.16. The molecule has 4 N–H and O–H groups in total. The van der Waals surface area contributed by atoms with Crippen molar-refractivity contribution < 1.29 is 19.4 Å². The molecule has 0 radical (unpaired) electrons. The first-order valence-corrected chi connectivity index (χ1v) is 5.84. The summed E-state index contributed by atoms with van der Waals surface area (Å²) in [6.45, 7) is 0.601. The average molecular weight is 195 g/mol. The second-order valence-electron chi connectivity index (χ2n) is 2.79. The van der Waals surface area contributed by atoms with E-state index in [1.54, 1.807) is 0 Å². The molecule has 2 unspecified atom stereocenters. The summed E-state index contributed by atoms with van der Waals surface area (Å²) in [7, 11) is -3.08. The smallest absolute Gasteiger partial charge is 0.197 e. The summed E-state index contributed by atoms with van der Waals surface area (Å²) in [4.78, 5) is 19.5. The lowest BCUT2D eigenvalue weighted by Gasteiger charge is -2.09. The Hall–Kier alpha value is -0.220. The maximum atomic E-state index is 10.8. The Balaban J connectivity index is 3.79. The molecule has 6 heteroatoms. The van der Waals surface area contributed by atoms with Crippen molar-refractivity contribution in [2.24, 2.45) is 5.73 Å². The van der Waals surface area contributed by atoms with E-state index in [9.17, 15) is 9.36 Å². The van der Waals surface area contributed by atoms with E-state index in [-0.39, 0.29) is 12.6 Å². The minimum atomic E-state index is -3.08. The van der Waals surface area contributed by atoms with Crippen LogP contribution in [0.5, 0.6) is 0 Å². The number of aliphatic hydroxyl groups is 1. The fourth-order valence-electron chi connectivity index (χ4n) is 0.657. The van der Waals surface area contributed by atoms with Gasteiger partial charge >= 0.3 is 0 Å². The van der Waals surface area contributed by atoms with Crippen molar-refractivity contribution in [2.45, 2.75) is 12.5 Å². The topological polar surface area (TPSA) is 101 Å². The molecule has 0 fully saturated rings.